The fourth-order valence-electron chi connectivity index (χ4n) is 4.79. The maximum atomic E-state index is 13.3. The highest BCUT2D eigenvalue weighted by molar-refractivity contribution is 5.94. The van der Waals surface area contributed by atoms with E-state index in [9.17, 15) is 24.0 Å². The third-order valence-electron chi connectivity index (χ3n) is 7.76. The molecule has 0 aliphatic carbocycles. The van der Waals surface area contributed by atoms with Gasteiger partial charge >= 0.3 is 6.03 Å². The van der Waals surface area contributed by atoms with Crippen LogP contribution in [-0.2, 0) is 57.1 Å². The highest BCUT2D eigenvalue weighted by Crippen LogP contribution is 2.07. The standard InChI is InChI=1S/C37H72N6O13/c1-7-32(44)30(9-8-11-39-37(38)48)42-36(47)34(28(2)3)43-35(46)31(41-29(4)5)27-40-33(45)10-12-50-15-16-52-19-20-54-23-24-56-26-25-55-22-21-53-18-17-51-14-13-49-6/h28-31,34,41H,7-27H2,1-6H3,(H,40,45)(H,42,47)(H,43,46)(H3,38,39,48)/t30-,31-,34-/m0/s1. The number of amides is 5. The minimum atomic E-state index is -0.933. The molecule has 0 saturated carbocycles. The molecule has 7 N–H and O–H groups in total. The van der Waals surface area contributed by atoms with Crippen molar-refractivity contribution in [3.63, 3.8) is 0 Å². The molecule has 0 radical (unpaired) electrons. The van der Waals surface area contributed by atoms with Gasteiger partial charge in [0.15, 0.2) is 5.78 Å². The van der Waals surface area contributed by atoms with Crippen molar-refractivity contribution in [2.75, 3.05) is 119 Å². The van der Waals surface area contributed by atoms with Crippen molar-refractivity contribution in [3.05, 3.63) is 0 Å². The van der Waals surface area contributed by atoms with Crippen LogP contribution in [0.3, 0.4) is 0 Å². The molecule has 0 heterocycles. The molecule has 19 heteroatoms. The van der Waals surface area contributed by atoms with Crippen LogP contribution >= 0.6 is 0 Å². The largest absolute Gasteiger partial charge is 0.382 e. The molecule has 3 atom stereocenters. The fourth-order valence-corrected chi connectivity index (χ4v) is 4.79. The summed E-state index contributed by atoms with van der Waals surface area (Å²) in [5.74, 6) is -1.73. The highest BCUT2D eigenvalue weighted by Gasteiger charge is 2.30. The lowest BCUT2D eigenvalue weighted by molar-refractivity contribution is -0.133. The van der Waals surface area contributed by atoms with Gasteiger partial charge in [-0.15, -0.1) is 0 Å². The molecule has 0 aromatic rings. The molecule has 0 saturated heterocycles. The summed E-state index contributed by atoms with van der Waals surface area (Å²) >= 11 is 0. The van der Waals surface area contributed by atoms with Crippen LogP contribution in [0, 0.1) is 5.92 Å². The van der Waals surface area contributed by atoms with Crippen molar-refractivity contribution in [1.82, 2.24) is 26.6 Å². The average molecular weight is 809 g/mol. The van der Waals surface area contributed by atoms with Gasteiger partial charge in [-0.1, -0.05) is 34.6 Å². The first-order valence-electron chi connectivity index (χ1n) is 19.6. The van der Waals surface area contributed by atoms with E-state index in [1.807, 2.05) is 13.8 Å². The van der Waals surface area contributed by atoms with E-state index >= 15 is 0 Å². The third kappa shape index (κ3) is 31.1. The summed E-state index contributed by atoms with van der Waals surface area (Å²) in [6, 6.07) is -3.30. The Hall–Kier alpha value is -3.01. The molecule has 0 aliphatic heterocycles. The molecule has 0 aromatic carbocycles. The lowest BCUT2D eigenvalue weighted by Crippen LogP contribution is -2.59. The van der Waals surface area contributed by atoms with Gasteiger partial charge in [0, 0.05) is 39.1 Å². The Labute approximate surface area is 333 Å². The summed E-state index contributed by atoms with van der Waals surface area (Å²) in [6.45, 7) is 15.8. The van der Waals surface area contributed by atoms with Crippen molar-refractivity contribution in [2.45, 2.75) is 84.5 Å². The summed E-state index contributed by atoms with van der Waals surface area (Å²) in [6.07, 6.45) is 1.02. The molecule has 0 fully saturated rings. The summed E-state index contributed by atoms with van der Waals surface area (Å²) in [7, 11) is 1.63. The van der Waals surface area contributed by atoms with E-state index in [-0.39, 0.29) is 56.2 Å². The van der Waals surface area contributed by atoms with Crippen molar-refractivity contribution >= 4 is 29.5 Å². The zero-order valence-corrected chi connectivity index (χ0v) is 34.6. The molecular formula is C37H72N6O13. The quantitative estimate of drug-likeness (QED) is 0.0436. The van der Waals surface area contributed by atoms with Crippen molar-refractivity contribution in [3.8, 4) is 0 Å². The first-order chi connectivity index (χ1) is 26.9. The molecule has 0 spiro atoms. The smallest absolute Gasteiger partial charge is 0.312 e. The second kappa shape index (κ2) is 36.3. The Morgan fingerprint density at radius 1 is 0.589 bits per heavy atom. The molecule has 0 aliphatic rings. The van der Waals surface area contributed by atoms with E-state index in [0.29, 0.717) is 105 Å². The number of hydrogen-bond donors (Lipinski definition) is 6. The summed E-state index contributed by atoms with van der Waals surface area (Å²) in [4.78, 5) is 62.6. The number of ketones is 1. The van der Waals surface area contributed by atoms with E-state index in [1.54, 1.807) is 27.9 Å². The summed E-state index contributed by atoms with van der Waals surface area (Å²) < 4.78 is 43.0. The Morgan fingerprint density at radius 2 is 1.05 bits per heavy atom. The zero-order chi connectivity index (χ0) is 41.8. The van der Waals surface area contributed by atoms with E-state index < -0.39 is 36.0 Å². The number of urea groups is 1. The average Bonchev–Trinajstić information content (AvgIpc) is 3.15. The van der Waals surface area contributed by atoms with Gasteiger partial charge < -0.3 is 70.2 Å². The molecular weight excluding hydrogens is 736 g/mol. The van der Waals surface area contributed by atoms with Gasteiger partial charge in [0.05, 0.1) is 105 Å². The van der Waals surface area contributed by atoms with Crippen molar-refractivity contribution in [2.24, 2.45) is 11.7 Å². The van der Waals surface area contributed by atoms with E-state index in [2.05, 4.69) is 26.6 Å². The number of primary amides is 1. The minimum absolute atomic E-state index is 0.0104. The van der Waals surface area contributed by atoms with Crippen LogP contribution in [0.5, 0.6) is 0 Å². The number of rotatable bonds is 39. The Balaban J connectivity index is 4.22. The number of carbonyl (C=O) groups is 5. The van der Waals surface area contributed by atoms with E-state index in [1.165, 1.54) is 0 Å². The van der Waals surface area contributed by atoms with Crippen LogP contribution in [-0.4, -0.2) is 173 Å². The maximum absolute atomic E-state index is 13.3. The first-order valence-corrected chi connectivity index (χ1v) is 19.6. The predicted octanol–water partition coefficient (Wildman–Crippen LogP) is -0.325. The second-order valence-electron chi connectivity index (χ2n) is 13.3. The predicted molar refractivity (Wildman–Crippen MR) is 208 cm³/mol. The number of nitrogens with one attached hydrogen (secondary N) is 5. The molecule has 56 heavy (non-hydrogen) atoms. The lowest BCUT2D eigenvalue weighted by atomic mass is 10.00. The van der Waals surface area contributed by atoms with Crippen molar-refractivity contribution < 1.29 is 61.9 Å². The third-order valence-corrected chi connectivity index (χ3v) is 7.76. The van der Waals surface area contributed by atoms with Crippen LogP contribution in [0.25, 0.3) is 0 Å². The van der Waals surface area contributed by atoms with Gasteiger partial charge in [0.2, 0.25) is 17.7 Å². The van der Waals surface area contributed by atoms with Gasteiger partial charge in [0.25, 0.3) is 0 Å². The summed E-state index contributed by atoms with van der Waals surface area (Å²) in [5, 5.41) is 13.9. The minimum Gasteiger partial charge on any atom is -0.382 e. The molecule has 0 aromatic heterocycles. The number of Topliss-reactive ketones (excluding diaryl/α,β-unsaturated/α-hetero) is 1. The Kier molecular flexibility index (Phi) is 34.4. The zero-order valence-electron chi connectivity index (χ0n) is 34.6. The molecule has 19 nitrogen and oxygen atoms in total. The van der Waals surface area contributed by atoms with Crippen LogP contribution in [0.1, 0.15) is 60.3 Å². The number of ether oxygens (including phenoxy) is 8. The maximum Gasteiger partial charge on any atom is 0.312 e. The van der Waals surface area contributed by atoms with Crippen LogP contribution < -0.4 is 32.3 Å². The number of methoxy groups -OCH3 is 1. The van der Waals surface area contributed by atoms with Crippen molar-refractivity contribution in [1.29, 1.82) is 0 Å². The van der Waals surface area contributed by atoms with Crippen LogP contribution in [0.15, 0.2) is 0 Å². The lowest BCUT2D eigenvalue weighted by Gasteiger charge is -2.28. The monoisotopic (exact) mass is 809 g/mol. The first kappa shape index (κ1) is 53.0. The number of nitrogens with two attached hydrogens (primary N) is 1. The van der Waals surface area contributed by atoms with E-state index in [0.717, 1.165) is 0 Å². The fraction of sp³-hybridized carbons (Fsp3) is 0.865. The molecule has 0 rings (SSSR count). The number of carbonyl (C=O) groups excluding carboxylic acids is 5. The SMILES string of the molecule is CCC(=O)[C@H](CCCNC(N)=O)NC(=O)[C@@H](NC(=O)[C@H](CNC(=O)CCOCCOCCOCCOCCOCCOCCOCCOC)NC(C)C)C(C)C. The Bertz CT molecular complexity index is 1040. The molecule has 328 valence electrons. The normalized spacial score (nSPS) is 13.0. The number of hydrogen-bond acceptors (Lipinski definition) is 14. The van der Waals surface area contributed by atoms with Gasteiger partial charge in [0.1, 0.15) is 12.1 Å². The van der Waals surface area contributed by atoms with Crippen LogP contribution in [0.4, 0.5) is 4.79 Å². The summed E-state index contributed by atoms with van der Waals surface area (Å²) in [5.41, 5.74) is 5.09. The van der Waals surface area contributed by atoms with Gasteiger partial charge in [-0.05, 0) is 18.8 Å². The molecule has 0 unspecified atom stereocenters. The Morgan fingerprint density at radius 3 is 1.46 bits per heavy atom. The molecule has 0 bridgehead atoms. The second-order valence-corrected chi connectivity index (χ2v) is 13.3. The topological polar surface area (TPSA) is 245 Å². The van der Waals surface area contributed by atoms with E-state index in [4.69, 9.17) is 43.6 Å². The van der Waals surface area contributed by atoms with Crippen LogP contribution in [0.2, 0.25) is 0 Å². The van der Waals surface area contributed by atoms with Gasteiger partial charge in [-0.2, -0.15) is 0 Å². The highest BCUT2D eigenvalue weighted by atomic mass is 16.6. The molecule has 5 amide bonds. The van der Waals surface area contributed by atoms with Gasteiger partial charge in [-0.3, -0.25) is 19.2 Å². The van der Waals surface area contributed by atoms with Gasteiger partial charge in [-0.25, -0.2) is 4.79 Å².